The van der Waals surface area contributed by atoms with Gasteiger partial charge in [-0.25, -0.2) is 4.79 Å². The van der Waals surface area contributed by atoms with E-state index in [9.17, 15) is 9.59 Å². The predicted molar refractivity (Wildman–Crippen MR) is 62.2 cm³/mol. The first-order valence-electron chi connectivity index (χ1n) is 6.05. The fourth-order valence-corrected chi connectivity index (χ4v) is 2.30. The molecule has 18 heavy (non-hydrogen) atoms. The van der Waals surface area contributed by atoms with Crippen LogP contribution in [0.4, 0.5) is 4.79 Å². The van der Waals surface area contributed by atoms with E-state index in [-0.39, 0.29) is 18.4 Å². The highest BCUT2D eigenvalue weighted by molar-refractivity contribution is 5.70. The SMILES string of the molecule is CC(C)(C)OC(=O)N1CC2(C1)OC[C@H]2CC(=O)O. The van der Waals surface area contributed by atoms with Crippen molar-refractivity contribution in [1.29, 1.82) is 0 Å². The van der Waals surface area contributed by atoms with Crippen LogP contribution in [0.5, 0.6) is 0 Å². The van der Waals surface area contributed by atoms with E-state index >= 15 is 0 Å². The molecule has 0 saturated carbocycles. The van der Waals surface area contributed by atoms with Crippen molar-refractivity contribution in [1.82, 2.24) is 4.90 Å². The molecule has 0 unspecified atom stereocenters. The van der Waals surface area contributed by atoms with E-state index in [1.54, 1.807) is 4.90 Å². The largest absolute Gasteiger partial charge is 0.481 e. The number of carboxylic acid groups (broad SMARTS) is 1. The van der Waals surface area contributed by atoms with E-state index in [1.165, 1.54) is 0 Å². The Morgan fingerprint density at radius 1 is 1.44 bits per heavy atom. The molecule has 2 heterocycles. The third-order valence-corrected chi connectivity index (χ3v) is 3.31. The quantitative estimate of drug-likeness (QED) is 0.801. The Hall–Kier alpha value is -1.30. The number of carbonyl (C=O) groups excluding carboxylic acids is 1. The standard InChI is InChI=1S/C12H19NO5/c1-11(2,3)18-10(16)13-6-12(7-13)8(5-17-12)4-9(14)15/h8H,4-7H2,1-3H3,(H,14,15)/t8-/m1/s1. The molecule has 0 bridgehead atoms. The zero-order valence-electron chi connectivity index (χ0n) is 10.9. The summed E-state index contributed by atoms with van der Waals surface area (Å²) in [6, 6.07) is 0. The Balaban J connectivity index is 1.83. The smallest absolute Gasteiger partial charge is 0.410 e. The van der Waals surface area contributed by atoms with Gasteiger partial charge in [0.2, 0.25) is 0 Å². The minimum atomic E-state index is -0.821. The molecular formula is C12H19NO5. The Morgan fingerprint density at radius 2 is 2.06 bits per heavy atom. The summed E-state index contributed by atoms with van der Waals surface area (Å²) in [5.74, 6) is -0.813. The maximum atomic E-state index is 11.7. The van der Waals surface area contributed by atoms with Crippen molar-refractivity contribution >= 4 is 12.1 Å². The molecule has 0 radical (unpaired) electrons. The number of hydrogen-bond donors (Lipinski definition) is 1. The van der Waals surface area contributed by atoms with Crippen LogP contribution in [-0.2, 0) is 14.3 Å². The normalized spacial score (nSPS) is 25.3. The van der Waals surface area contributed by atoms with Crippen molar-refractivity contribution in [2.24, 2.45) is 5.92 Å². The van der Waals surface area contributed by atoms with Gasteiger partial charge in [-0.05, 0) is 20.8 Å². The molecule has 0 aromatic heterocycles. The number of hydrogen-bond acceptors (Lipinski definition) is 4. The maximum Gasteiger partial charge on any atom is 0.410 e. The van der Waals surface area contributed by atoms with Crippen LogP contribution in [0.15, 0.2) is 0 Å². The van der Waals surface area contributed by atoms with Crippen LogP contribution >= 0.6 is 0 Å². The molecule has 0 aromatic carbocycles. The van der Waals surface area contributed by atoms with E-state index < -0.39 is 17.2 Å². The van der Waals surface area contributed by atoms with Crippen molar-refractivity contribution < 1.29 is 24.2 Å². The first-order valence-corrected chi connectivity index (χ1v) is 6.05. The molecule has 102 valence electrons. The molecular weight excluding hydrogens is 238 g/mol. The van der Waals surface area contributed by atoms with E-state index in [0.29, 0.717) is 19.7 Å². The van der Waals surface area contributed by atoms with Gasteiger partial charge in [-0.3, -0.25) is 4.79 Å². The van der Waals surface area contributed by atoms with Crippen LogP contribution in [0.1, 0.15) is 27.2 Å². The molecule has 2 rings (SSSR count). The van der Waals surface area contributed by atoms with Crippen LogP contribution < -0.4 is 0 Å². The van der Waals surface area contributed by atoms with Crippen molar-refractivity contribution in [3.63, 3.8) is 0 Å². The lowest BCUT2D eigenvalue weighted by molar-refractivity contribution is -0.262. The second kappa shape index (κ2) is 4.12. The number of rotatable bonds is 2. The van der Waals surface area contributed by atoms with Crippen LogP contribution in [0.2, 0.25) is 0 Å². The maximum absolute atomic E-state index is 11.7. The summed E-state index contributed by atoms with van der Waals surface area (Å²) in [4.78, 5) is 24.0. The van der Waals surface area contributed by atoms with Gasteiger partial charge in [0.15, 0.2) is 0 Å². The van der Waals surface area contributed by atoms with Gasteiger partial charge in [0.1, 0.15) is 11.2 Å². The van der Waals surface area contributed by atoms with Crippen LogP contribution in [0.25, 0.3) is 0 Å². The van der Waals surface area contributed by atoms with Gasteiger partial charge < -0.3 is 19.5 Å². The Bertz CT molecular complexity index is 367. The van der Waals surface area contributed by atoms with Crippen LogP contribution in [0.3, 0.4) is 0 Å². The average Bonchev–Trinajstić information content (AvgIpc) is 2.07. The predicted octanol–water partition coefficient (Wildman–Crippen LogP) is 1.10. The van der Waals surface area contributed by atoms with Crippen LogP contribution in [-0.4, -0.2) is 53.0 Å². The number of likely N-dealkylation sites (tertiary alicyclic amines) is 1. The van der Waals surface area contributed by atoms with Crippen molar-refractivity contribution in [2.75, 3.05) is 19.7 Å². The van der Waals surface area contributed by atoms with Gasteiger partial charge in [-0.1, -0.05) is 0 Å². The Morgan fingerprint density at radius 3 is 2.44 bits per heavy atom. The molecule has 6 heteroatoms. The van der Waals surface area contributed by atoms with Gasteiger partial charge >= 0.3 is 12.1 Å². The molecule has 2 aliphatic heterocycles. The summed E-state index contributed by atoms with van der Waals surface area (Å²) in [6.45, 7) is 6.77. The third-order valence-electron chi connectivity index (χ3n) is 3.31. The molecule has 2 aliphatic rings. The number of aliphatic carboxylic acids is 1. The lowest BCUT2D eigenvalue weighted by Gasteiger charge is -2.59. The van der Waals surface area contributed by atoms with Gasteiger partial charge in [0.05, 0.1) is 26.1 Å². The highest BCUT2D eigenvalue weighted by Crippen LogP contribution is 2.43. The summed E-state index contributed by atoms with van der Waals surface area (Å²) in [5.41, 5.74) is -0.948. The second-order valence-electron chi connectivity index (χ2n) is 6.01. The summed E-state index contributed by atoms with van der Waals surface area (Å²) in [7, 11) is 0. The van der Waals surface area contributed by atoms with E-state index in [4.69, 9.17) is 14.6 Å². The molecule has 1 N–H and O–H groups in total. The fourth-order valence-electron chi connectivity index (χ4n) is 2.30. The lowest BCUT2D eigenvalue weighted by Crippen LogP contribution is -2.74. The highest BCUT2D eigenvalue weighted by atomic mass is 16.6. The van der Waals surface area contributed by atoms with Gasteiger partial charge in [-0.15, -0.1) is 0 Å². The first kappa shape index (κ1) is 13.1. The number of carbonyl (C=O) groups is 2. The summed E-state index contributed by atoms with van der Waals surface area (Å²) >= 11 is 0. The van der Waals surface area contributed by atoms with E-state index in [0.717, 1.165) is 0 Å². The van der Waals surface area contributed by atoms with E-state index in [2.05, 4.69) is 0 Å². The number of amides is 1. The fraction of sp³-hybridized carbons (Fsp3) is 0.833. The number of ether oxygens (including phenoxy) is 2. The summed E-state index contributed by atoms with van der Waals surface area (Å²) in [6.07, 6.45) is -0.264. The number of nitrogens with zero attached hydrogens (tertiary/aromatic N) is 1. The van der Waals surface area contributed by atoms with Gasteiger partial charge in [-0.2, -0.15) is 0 Å². The van der Waals surface area contributed by atoms with Gasteiger partial charge in [0, 0.05) is 5.92 Å². The minimum absolute atomic E-state index is 0.00804. The first-order chi connectivity index (χ1) is 8.22. The molecule has 1 atom stereocenters. The zero-order valence-corrected chi connectivity index (χ0v) is 10.9. The molecule has 2 fully saturated rings. The highest BCUT2D eigenvalue weighted by Gasteiger charge is 2.58. The number of carboxylic acids is 1. The van der Waals surface area contributed by atoms with Crippen molar-refractivity contribution in [3.8, 4) is 0 Å². The zero-order chi connectivity index (χ0) is 13.6. The minimum Gasteiger partial charge on any atom is -0.481 e. The van der Waals surface area contributed by atoms with E-state index in [1.807, 2.05) is 20.8 Å². The average molecular weight is 257 g/mol. The van der Waals surface area contributed by atoms with Crippen molar-refractivity contribution in [3.05, 3.63) is 0 Å². The molecule has 6 nitrogen and oxygen atoms in total. The molecule has 1 amide bonds. The lowest BCUT2D eigenvalue weighted by atomic mass is 9.75. The van der Waals surface area contributed by atoms with Crippen LogP contribution in [0, 0.1) is 5.92 Å². The monoisotopic (exact) mass is 257 g/mol. The molecule has 2 saturated heterocycles. The Kier molecular flexibility index (Phi) is 3.01. The molecule has 0 aromatic rings. The topological polar surface area (TPSA) is 76.1 Å². The Labute approximate surface area is 106 Å². The second-order valence-corrected chi connectivity index (χ2v) is 6.01. The molecule has 0 aliphatic carbocycles. The third kappa shape index (κ3) is 2.43. The summed E-state index contributed by atoms with van der Waals surface area (Å²) < 4.78 is 10.7. The molecule has 1 spiro atoms. The van der Waals surface area contributed by atoms with Gasteiger partial charge in [0.25, 0.3) is 0 Å². The summed E-state index contributed by atoms with van der Waals surface area (Å²) in [5, 5.41) is 8.77. The van der Waals surface area contributed by atoms with Crippen molar-refractivity contribution in [2.45, 2.75) is 38.4 Å².